The number of ether oxygens (including phenoxy) is 3. The molecular formula is C58H100O6. The van der Waals surface area contributed by atoms with Crippen LogP contribution in [0.4, 0.5) is 0 Å². The maximum Gasteiger partial charge on any atom is 0.306 e. The highest BCUT2D eigenvalue weighted by Gasteiger charge is 2.19. The number of carbonyl (C=O) groups is 3. The first-order valence-corrected chi connectivity index (χ1v) is 26.9. The van der Waals surface area contributed by atoms with Crippen molar-refractivity contribution in [2.45, 2.75) is 264 Å². The summed E-state index contributed by atoms with van der Waals surface area (Å²) in [6.45, 7) is 6.47. The second-order valence-corrected chi connectivity index (χ2v) is 17.8. The molecule has 0 aromatic rings. The van der Waals surface area contributed by atoms with Gasteiger partial charge in [0, 0.05) is 19.3 Å². The van der Waals surface area contributed by atoms with E-state index in [2.05, 4.69) is 93.7 Å². The summed E-state index contributed by atoms with van der Waals surface area (Å²) in [4.78, 5) is 38.0. The van der Waals surface area contributed by atoms with Gasteiger partial charge in [-0.25, -0.2) is 0 Å². The number of hydrogen-bond donors (Lipinski definition) is 0. The Bertz CT molecular complexity index is 1210. The van der Waals surface area contributed by atoms with Crippen LogP contribution in [0.1, 0.15) is 258 Å². The molecule has 0 saturated carbocycles. The lowest BCUT2D eigenvalue weighted by atomic mass is 10.0. The van der Waals surface area contributed by atoms with Gasteiger partial charge >= 0.3 is 17.9 Å². The third kappa shape index (κ3) is 49.9. The van der Waals surface area contributed by atoms with Crippen molar-refractivity contribution in [1.82, 2.24) is 0 Å². The predicted octanol–water partition coefficient (Wildman–Crippen LogP) is 17.8. The van der Waals surface area contributed by atoms with Gasteiger partial charge in [0.25, 0.3) is 0 Å². The van der Waals surface area contributed by atoms with Crippen molar-refractivity contribution < 1.29 is 28.6 Å². The lowest BCUT2D eigenvalue weighted by Gasteiger charge is -2.18. The summed E-state index contributed by atoms with van der Waals surface area (Å²) < 4.78 is 16.8. The van der Waals surface area contributed by atoms with Crippen LogP contribution >= 0.6 is 0 Å². The zero-order valence-electron chi connectivity index (χ0n) is 42.0. The second kappa shape index (κ2) is 52.5. The number of rotatable bonds is 48. The summed E-state index contributed by atoms with van der Waals surface area (Å²) in [6.07, 6.45) is 66.0. The number of hydrogen-bond acceptors (Lipinski definition) is 6. The highest BCUT2D eigenvalue weighted by Crippen LogP contribution is 2.15. The molecule has 0 bridgehead atoms. The summed E-state index contributed by atoms with van der Waals surface area (Å²) in [5, 5.41) is 0. The van der Waals surface area contributed by atoms with Gasteiger partial charge in [-0.05, 0) is 83.5 Å². The molecule has 64 heavy (non-hydrogen) atoms. The Morgan fingerprint density at radius 3 is 1.03 bits per heavy atom. The molecule has 0 radical (unpaired) electrons. The van der Waals surface area contributed by atoms with E-state index in [9.17, 15) is 14.4 Å². The normalized spacial score (nSPS) is 12.6. The van der Waals surface area contributed by atoms with Gasteiger partial charge in [-0.3, -0.25) is 14.4 Å². The molecule has 6 nitrogen and oxygen atoms in total. The van der Waals surface area contributed by atoms with Crippen molar-refractivity contribution >= 4 is 17.9 Å². The van der Waals surface area contributed by atoms with Gasteiger partial charge in [0.15, 0.2) is 6.10 Å². The van der Waals surface area contributed by atoms with Crippen LogP contribution in [-0.4, -0.2) is 37.2 Å². The zero-order valence-corrected chi connectivity index (χ0v) is 42.0. The lowest BCUT2D eigenvalue weighted by molar-refractivity contribution is -0.167. The molecular weight excluding hydrogens is 793 g/mol. The van der Waals surface area contributed by atoms with E-state index in [1.165, 1.54) is 122 Å². The van der Waals surface area contributed by atoms with Crippen LogP contribution in [-0.2, 0) is 28.6 Å². The van der Waals surface area contributed by atoms with E-state index < -0.39 is 6.10 Å². The van der Waals surface area contributed by atoms with Crippen LogP contribution in [0.3, 0.4) is 0 Å². The molecule has 368 valence electrons. The maximum atomic E-state index is 12.8. The first kappa shape index (κ1) is 60.9. The van der Waals surface area contributed by atoms with Gasteiger partial charge in [-0.2, -0.15) is 0 Å². The summed E-state index contributed by atoms with van der Waals surface area (Å²) >= 11 is 0. The Balaban J connectivity index is 4.47. The molecule has 0 aliphatic rings. The molecule has 0 aromatic heterocycles. The fourth-order valence-electron chi connectivity index (χ4n) is 7.41. The van der Waals surface area contributed by atoms with E-state index in [1.807, 2.05) is 0 Å². The van der Waals surface area contributed by atoms with Crippen molar-refractivity contribution in [2.75, 3.05) is 13.2 Å². The smallest absolute Gasteiger partial charge is 0.306 e. The largest absolute Gasteiger partial charge is 0.462 e. The van der Waals surface area contributed by atoms with Crippen molar-refractivity contribution in [3.05, 3.63) is 72.9 Å². The SMILES string of the molecule is CC/C=C\C/C=C\C/C=C\C/C=C\C/C=C\CCCC(=O)OCC(COC(=O)CCCCCCCCCCCCCCCC)OC(=O)CCCCCCC/C=C\CCCCCCCC. The molecule has 0 saturated heterocycles. The molecule has 0 aromatic carbocycles. The molecule has 0 aliphatic carbocycles. The third-order valence-corrected chi connectivity index (χ3v) is 11.4. The molecule has 0 rings (SSSR count). The first-order valence-electron chi connectivity index (χ1n) is 26.9. The quantitative estimate of drug-likeness (QED) is 0.0262. The Labute approximate surface area is 395 Å². The van der Waals surface area contributed by atoms with E-state index in [1.54, 1.807) is 0 Å². The number of unbranched alkanes of at least 4 members (excludes halogenated alkanes) is 25. The van der Waals surface area contributed by atoms with Crippen molar-refractivity contribution in [2.24, 2.45) is 0 Å². The fourth-order valence-corrected chi connectivity index (χ4v) is 7.41. The minimum Gasteiger partial charge on any atom is -0.462 e. The summed E-state index contributed by atoms with van der Waals surface area (Å²) in [5.74, 6) is -0.958. The third-order valence-electron chi connectivity index (χ3n) is 11.4. The molecule has 1 atom stereocenters. The fraction of sp³-hybridized carbons (Fsp3) is 0.741. The number of allylic oxidation sites excluding steroid dienone is 12. The Kier molecular flexibility index (Phi) is 49.9. The lowest BCUT2D eigenvalue weighted by Crippen LogP contribution is -2.30. The Hall–Kier alpha value is -3.15. The molecule has 6 heteroatoms. The molecule has 0 fully saturated rings. The van der Waals surface area contributed by atoms with E-state index >= 15 is 0 Å². The van der Waals surface area contributed by atoms with Gasteiger partial charge in [-0.1, -0.05) is 229 Å². The highest BCUT2D eigenvalue weighted by molar-refractivity contribution is 5.71. The van der Waals surface area contributed by atoms with Crippen LogP contribution in [0.15, 0.2) is 72.9 Å². The van der Waals surface area contributed by atoms with Gasteiger partial charge in [-0.15, -0.1) is 0 Å². The minimum absolute atomic E-state index is 0.0944. The van der Waals surface area contributed by atoms with Gasteiger partial charge in [0.05, 0.1) is 0 Å². The molecule has 0 heterocycles. The number of carbonyl (C=O) groups excluding carboxylic acids is 3. The zero-order chi connectivity index (χ0) is 46.5. The molecule has 1 unspecified atom stereocenters. The van der Waals surface area contributed by atoms with Crippen molar-refractivity contribution in [3.63, 3.8) is 0 Å². The second-order valence-electron chi connectivity index (χ2n) is 17.8. The maximum absolute atomic E-state index is 12.8. The molecule has 0 spiro atoms. The first-order chi connectivity index (χ1) is 31.5. The topological polar surface area (TPSA) is 78.9 Å². The summed E-state index contributed by atoms with van der Waals surface area (Å²) in [6, 6.07) is 0. The van der Waals surface area contributed by atoms with E-state index in [0.717, 1.165) is 89.9 Å². The van der Waals surface area contributed by atoms with Crippen LogP contribution < -0.4 is 0 Å². The molecule has 0 amide bonds. The predicted molar refractivity (Wildman–Crippen MR) is 274 cm³/mol. The van der Waals surface area contributed by atoms with Crippen LogP contribution in [0, 0.1) is 0 Å². The van der Waals surface area contributed by atoms with E-state index in [4.69, 9.17) is 14.2 Å². The molecule has 0 N–H and O–H groups in total. The van der Waals surface area contributed by atoms with Crippen LogP contribution in [0.25, 0.3) is 0 Å². The van der Waals surface area contributed by atoms with Crippen molar-refractivity contribution in [3.8, 4) is 0 Å². The Morgan fingerprint density at radius 2 is 0.625 bits per heavy atom. The monoisotopic (exact) mass is 893 g/mol. The van der Waals surface area contributed by atoms with Gasteiger partial charge < -0.3 is 14.2 Å². The summed E-state index contributed by atoms with van der Waals surface area (Å²) in [5.41, 5.74) is 0. The minimum atomic E-state index is -0.800. The average Bonchev–Trinajstić information content (AvgIpc) is 3.29. The van der Waals surface area contributed by atoms with Crippen LogP contribution in [0.5, 0.6) is 0 Å². The molecule has 0 aliphatic heterocycles. The highest BCUT2D eigenvalue weighted by atomic mass is 16.6. The number of esters is 3. The van der Waals surface area contributed by atoms with E-state index in [0.29, 0.717) is 19.3 Å². The van der Waals surface area contributed by atoms with Gasteiger partial charge in [0.1, 0.15) is 13.2 Å². The average molecular weight is 893 g/mol. The standard InChI is InChI=1S/C58H100O6/c1-4-7-10-13-16-19-22-25-28-29-31-33-36-39-42-45-48-51-57(60)63-54-55(53-62-56(59)50-47-44-41-38-35-32-27-24-21-18-15-12-9-6-3)64-58(61)52-49-46-43-40-37-34-30-26-23-20-17-14-11-8-5-2/h7,10,16,19,25-26,28,30-31,33,39,42,55H,4-6,8-9,11-15,17-18,20-24,27,29,32,34-38,40-41,43-54H2,1-3H3/b10-7-,19-16-,28-25-,30-26-,33-31-,42-39-. The summed E-state index contributed by atoms with van der Waals surface area (Å²) in [7, 11) is 0. The van der Waals surface area contributed by atoms with Crippen molar-refractivity contribution in [1.29, 1.82) is 0 Å². The van der Waals surface area contributed by atoms with Gasteiger partial charge in [0.2, 0.25) is 0 Å². The van der Waals surface area contributed by atoms with Crippen LogP contribution in [0.2, 0.25) is 0 Å². The van der Waals surface area contributed by atoms with E-state index in [-0.39, 0.29) is 37.5 Å². The Morgan fingerprint density at radius 1 is 0.328 bits per heavy atom.